The van der Waals surface area contributed by atoms with Gasteiger partial charge >= 0.3 is 0 Å². The van der Waals surface area contributed by atoms with Gasteiger partial charge in [-0.2, -0.15) is 0 Å². The van der Waals surface area contributed by atoms with Gasteiger partial charge in [0, 0.05) is 42.3 Å². The van der Waals surface area contributed by atoms with Gasteiger partial charge in [0.1, 0.15) is 5.76 Å². The summed E-state index contributed by atoms with van der Waals surface area (Å²) in [5.74, 6) is 1.47. The number of hydrogen-bond donors (Lipinski definition) is 1. The van der Waals surface area contributed by atoms with Crippen molar-refractivity contribution in [3.05, 3.63) is 46.8 Å². The summed E-state index contributed by atoms with van der Waals surface area (Å²) < 4.78 is 5.20. The van der Waals surface area contributed by atoms with Crippen LogP contribution in [0.1, 0.15) is 46.6 Å². The molecule has 1 N–H and O–H groups in total. The van der Waals surface area contributed by atoms with E-state index in [0.29, 0.717) is 24.3 Å². The van der Waals surface area contributed by atoms with Crippen molar-refractivity contribution in [3.63, 3.8) is 0 Å². The molecule has 0 saturated carbocycles. The van der Waals surface area contributed by atoms with Crippen molar-refractivity contribution < 1.29 is 14.1 Å². The van der Waals surface area contributed by atoms with Crippen molar-refractivity contribution >= 4 is 23.6 Å². The number of amides is 2. The van der Waals surface area contributed by atoms with Gasteiger partial charge in [0.25, 0.3) is 5.91 Å². The monoisotopic (exact) mass is 387 g/mol. The van der Waals surface area contributed by atoms with Gasteiger partial charge in [-0.05, 0) is 38.8 Å². The van der Waals surface area contributed by atoms with Gasteiger partial charge in [0.15, 0.2) is 0 Å². The molecular weight excluding hydrogens is 362 g/mol. The molecule has 0 atom stereocenters. The molecule has 1 aliphatic rings. The summed E-state index contributed by atoms with van der Waals surface area (Å²) in [6.07, 6.45) is 2.50. The molecule has 27 heavy (non-hydrogen) atoms. The largest absolute Gasteiger partial charge is 0.361 e. The lowest BCUT2D eigenvalue weighted by molar-refractivity contribution is -0.129. The molecular formula is C20H25N3O3S. The van der Waals surface area contributed by atoms with E-state index < -0.39 is 0 Å². The topological polar surface area (TPSA) is 75.4 Å². The highest BCUT2D eigenvalue weighted by Crippen LogP contribution is 2.28. The van der Waals surface area contributed by atoms with Crippen molar-refractivity contribution in [1.82, 2.24) is 15.4 Å². The second-order valence-corrected chi connectivity index (χ2v) is 7.70. The number of nitrogens with zero attached hydrogens (tertiary/aromatic N) is 2. The highest BCUT2D eigenvalue weighted by molar-refractivity contribution is 7.98. The van der Waals surface area contributed by atoms with E-state index in [9.17, 15) is 9.59 Å². The number of likely N-dealkylation sites (tertiary alicyclic amines) is 1. The third-order valence-corrected chi connectivity index (χ3v) is 5.87. The third kappa shape index (κ3) is 4.91. The van der Waals surface area contributed by atoms with Crippen LogP contribution in [0, 0.1) is 13.8 Å². The Morgan fingerprint density at radius 1 is 1.22 bits per heavy atom. The van der Waals surface area contributed by atoms with Crippen molar-refractivity contribution in [1.29, 1.82) is 0 Å². The summed E-state index contributed by atoms with van der Waals surface area (Å²) in [6, 6.07) is 7.52. The van der Waals surface area contributed by atoms with Crippen molar-refractivity contribution in [2.24, 2.45) is 0 Å². The molecule has 1 aliphatic heterocycles. The van der Waals surface area contributed by atoms with E-state index >= 15 is 0 Å². The fourth-order valence-corrected chi connectivity index (χ4v) is 4.34. The summed E-state index contributed by atoms with van der Waals surface area (Å²) in [5, 5.41) is 6.85. The number of aromatic nitrogens is 1. The summed E-state index contributed by atoms with van der Waals surface area (Å²) >= 11 is 1.59. The highest BCUT2D eigenvalue weighted by atomic mass is 32.2. The Hall–Kier alpha value is -2.28. The molecule has 1 aromatic heterocycles. The van der Waals surface area contributed by atoms with Crippen molar-refractivity contribution in [3.8, 4) is 0 Å². The number of nitrogens with one attached hydrogen (secondary N) is 1. The minimum atomic E-state index is -0.147. The van der Waals surface area contributed by atoms with Crippen LogP contribution in [0.25, 0.3) is 0 Å². The average molecular weight is 388 g/mol. The molecule has 1 aromatic carbocycles. The number of thioether (sulfide) groups is 1. The van der Waals surface area contributed by atoms with Crippen LogP contribution in [0.15, 0.2) is 33.7 Å². The van der Waals surface area contributed by atoms with E-state index in [-0.39, 0.29) is 11.8 Å². The molecule has 0 bridgehead atoms. The molecule has 2 aromatic rings. The first kappa shape index (κ1) is 19.5. The van der Waals surface area contributed by atoms with Gasteiger partial charge in [-0.15, -0.1) is 11.8 Å². The second-order valence-electron chi connectivity index (χ2n) is 6.68. The molecule has 0 spiro atoms. The molecule has 0 unspecified atom stereocenters. The average Bonchev–Trinajstić information content (AvgIpc) is 3.31. The van der Waals surface area contributed by atoms with Crippen molar-refractivity contribution in [2.45, 2.75) is 43.8 Å². The summed E-state index contributed by atoms with van der Waals surface area (Å²) in [7, 11) is 0. The second kappa shape index (κ2) is 9.08. The van der Waals surface area contributed by atoms with Gasteiger partial charge < -0.3 is 14.7 Å². The predicted molar refractivity (Wildman–Crippen MR) is 105 cm³/mol. The number of benzene rings is 1. The number of hydrogen-bond acceptors (Lipinski definition) is 5. The van der Waals surface area contributed by atoms with E-state index in [2.05, 4.69) is 10.5 Å². The molecule has 3 rings (SSSR count). The first-order valence-corrected chi connectivity index (χ1v) is 10.2. The molecule has 1 saturated heterocycles. The molecule has 6 nitrogen and oxygen atoms in total. The molecule has 0 radical (unpaired) electrons. The molecule has 144 valence electrons. The van der Waals surface area contributed by atoms with Crippen LogP contribution >= 0.6 is 11.8 Å². The quantitative estimate of drug-likeness (QED) is 0.738. The van der Waals surface area contributed by atoms with Crippen LogP contribution < -0.4 is 5.32 Å². The Morgan fingerprint density at radius 3 is 2.67 bits per heavy atom. The zero-order valence-corrected chi connectivity index (χ0v) is 16.6. The zero-order chi connectivity index (χ0) is 19.2. The summed E-state index contributed by atoms with van der Waals surface area (Å²) in [5.41, 5.74) is 2.57. The summed E-state index contributed by atoms with van der Waals surface area (Å²) in [4.78, 5) is 27.4. The van der Waals surface area contributed by atoms with E-state index in [1.165, 1.54) is 0 Å². The lowest BCUT2D eigenvalue weighted by atomic mass is 10.2. The predicted octanol–water partition coefficient (Wildman–Crippen LogP) is 3.33. The van der Waals surface area contributed by atoms with Gasteiger partial charge in [-0.25, -0.2) is 0 Å². The van der Waals surface area contributed by atoms with Crippen molar-refractivity contribution in [2.75, 3.05) is 19.6 Å². The standard InChI is InChI=1S/C20H25N3O3S/c1-14-17(15(2)26-22-14)13-27-18-8-4-3-7-16(18)20(25)21-10-9-19(24)23-11-5-6-12-23/h3-4,7-8H,5-6,9-13H2,1-2H3,(H,21,25). The zero-order valence-electron chi connectivity index (χ0n) is 15.8. The number of carbonyl (C=O) groups is 2. The lowest BCUT2D eigenvalue weighted by Gasteiger charge is -2.15. The molecule has 7 heteroatoms. The molecule has 0 aliphatic carbocycles. The number of rotatable bonds is 7. The number of carbonyl (C=O) groups excluding carboxylic acids is 2. The minimum absolute atomic E-state index is 0.119. The molecule has 2 heterocycles. The normalized spacial score (nSPS) is 13.8. The van der Waals surface area contributed by atoms with Gasteiger partial charge in [-0.1, -0.05) is 17.3 Å². The maximum atomic E-state index is 12.6. The Kier molecular flexibility index (Phi) is 6.55. The third-order valence-electron chi connectivity index (χ3n) is 4.77. The number of aryl methyl sites for hydroxylation is 2. The molecule has 2 amide bonds. The van der Waals surface area contributed by atoms with Gasteiger partial charge in [0.05, 0.1) is 11.3 Å². The van der Waals surface area contributed by atoms with Crippen LogP contribution in [0.2, 0.25) is 0 Å². The Morgan fingerprint density at radius 2 is 1.96 bits per heavy atom. The lowest BCUT2D eigenvalue weighted by Crippen LogP contribution is -2.32. The first-order chi connectivity index (χ1) is 13.1. The van der Waals surface area contributed by atoms with E-state index in [4.69, 9.17) is 4.52 Å². The SMILES string of the molecule is Cc1noc(C)c1CSc1ccccc1C(=O)NCCC(=O)N1CCCC1. The van der Waals surface area contributed by atoms with E-state index in [1.807, 2.05) is 43.0 Å². The van der Waals surface area contributed by atoms with Gasteiger partial charge in [-0.3, -0.25) is 9.59 Å². The molecule has 1 fully saturated rings. The smallest absolute Gasteiger partial charge is 0.252 e. The fourth-order valence-electron chi connectivity index (χ4n) is 3.14. The first-order valence-electron chi connectivity index (χ1n) is 9.26. The fraction of sp³-hybridized carbons (Fsp3) is 0.450. The van der Waals surface area contributed by atoms with Crippen LogP contribution in [-0.2, 0) is 10.5 Å². The summed E-state index contributed by atoms with van der Waals surface area (Å²) in [6.45, 7) is 5.85. The highest BCUT2D eigenvalue weighted by Gasteiger charge is 2.18. The Bertz CT molecular complexity index is 793. The maximum absolute atomic E-state index is 12.6. The van der Waals surface area contributed by atoms with Gasteiger partial charge in [0.2, 0.25) is 5.91 Å². The van der Waals surface area contributed by atoms with Crippen LogP contribution in [0.5, 0.6) is 0 Å². The van der Waals surface area contributed by atoms with Crippen LogP contribution in [0.3, 0.4) is 0 Å². The van der Waals surface area contributed by atoms with E-state index in [0.717, 1.165) is 47.8 Å². The van der Waals surface area contributed by atoms with Crippen LogP contribution in [0.4, 0.5) is 0 Å². The minimum Gasteiger partial charge on any atom is -0.361 e. The Labute approximate surface area is 163 Å². The maximum Gasteiger partial charge on any atom is 0.252 e. The van der Waals surface area contributed by atoms with E-state index in [1.54, 1.807) is 11.8 Å². The Balaban J connectivity index is 1.56. The van der Waals surface area contributed by atoms with Crippen LogP contribution in [-0.4, -0.2) is 41.5 Å².